The molecule has 0 radical (unpaired) electrons. The minimum absolute atomic E-state index is 0.440. The highest BCUT2D eigenvalue weighted by Crippen LogP contribution is 2.42. The third-order valence-corrected chi connectivity index (χ3v) is 4.08. The molecule has 3 unspecified atom stereocenters. The molecule has 3 aliphatic rings. The van der Waals surface area contributed by atoms with Crippen molar-refractivity contribution >= 4 is 11.9 Å². The average Bonchev–Trinajstić information content (AvgIpc) is 2.40. The van der Waals surface area contributed by atoms with Crippen molar-refractivity contribution in [3.05, 3.63) is 36.0 Å². The van der Waals surface area contributed by atoms with Crippen molar-refractivity contribution in [2.45, 2.75) is 24.9 Å². The van der Waals surface area contributed by atoms with E-state index in [0.29, 0.717) is 23.9 Å². The zero-order valence-corrected chi connectivity index (χ0v) is 10.5. The first-order chi connectivity index (χ1) is 8.29. The molecule has 3 nitrogen and oxygen atoms in total. The number of nitrogens with zero attached hydrogens (tertiary/aromatic N) is 2. The van der Waals surface area contributed by atoms with Crippen molar-refractivity contribution in [1.29, 1.82) is 0 Å². The fraction of sp³-hybridized carbons (Fsp3) is 0.462. The van der Waals surface area contributed by atoms with Gasteiger partial charge in [0.2, 0.25) is 5.88 Å². The Bertz CT molecular complexity index is 432. The highest BCUT2D eigenvalue weighted by Gasteiger charge is 2.37. The van der Waals surface area contributed by atoms with Gasteiger partial charge in [-0.05, 0) is 31.4 Å². The summed E-state index contributed by atoms with van der Waals surface area (Å²) < 4.78 is 4.58. The van der Waals surface area contributed by atoms with Crippen molar-refractivity contribution in [2.24, 2.45) is 5.92 Å². The normalized spacial score (nSPS) is 31.8. The van der Waals surface area contributed by atoms with E-state index in [-0.39, 0.29) is 0 Å². The van der Waals surface area contributed by atoms with Crippen molar-refractivity contribution in [2.75, 3.05) is 7.05 Å². The molecule has 2 aliphatic heterocycles. The van der Waals surface area contributed by atoms with Gasteiger partial charge in [0.25, 0.3) is 0 Å². The van der Waals surface area contributed by atoms with Crippen LogP contribution in [0.4, 0.5) is 0 Å². The van der Waals surface area contributed by atoms with E-state index in [2.05, 4.69) is 39.4 Å². The van der Waals surface area contributed by atoms with Gasteiger partial charge in [0.1, 0.15) is 11.9 Å². The Balaban J connectivity index is 1.90. The molecule has 17 heavy (non-hydrogen) atoms. The van der Waals surface area contributed by atoms with Crippen molar-refractivity contribution in [3.8, 4) is 5.88 Å². The topological polar surface area (TPSA) is 25.4 Å². The molecule has 4 heteroatoms. The Morgan fingerprint density at radius 2 is 2.24 bits per heavy atom. The second-order valence-corrected chi connectivity index (χ2v) is 4.96. The van der Waals surface area contributed by atoms with E-state index in [1.807, 2.05) is 12.3 Å². The maximum Gasteiger partial charge on any atom is 0.236 e. The lowest BCUT2D eigenvalue weighted by Crippen LogP contribution is -2.44. The monoisotopic (exact) mass is 250 g/mol. The number of hydrogen-bond donors (Lipinski definition) is 0. The molecule has 1 aromatic heterocycles. The minimum atomic E-state index is 0.440. The second kappa shape index (κ2) is 4.31. The van der Waals surface area contributed by atoms with Crippen LogP contribution in [0.2, 0.25) is 0 Å². The SMILES string of the molecule is CN1C2C=CC(CC2)C1c1ccc(OCl)nc1. The molecule has 1 aromatic rings. The second-order valence-electron chi connectivity index (χ2n) is 4.81. The third kappa shape index (κ3) is 1.83. The van der Waals surface area contributed by atoms with Gasteiger partial charge in [0.05, 0.1) is 0 Å². The Labute approximate surface area is 106 Å². The van der Waals surface area contributed by atoms with E-state index in [1.54, 1.807) is 0 Å². The maximum absolute atomic E-state index is 5.27. The molecule has 4 rings (SSSR count). The summed E-state index contributed by atoms with van der Waals surface area (Å²) in [6.45, 7) is 0. The number of rotatable bonds is 2. The molecule has 0 spiro atoms. The van der Waals surface area contributed by atoms with Gasteiger partial charge in [-0.15, -0.1) is 0 Å². The van der Waals surface area contributed by atoms with E-state index >= 15 is 0 Å². The maximum atomic E-state index is 5.27. The Kier molecular flexibility index (Phi) is 2.81. The van der Waals surface area contributed by atoms with Crippen LogP contribution in [-0.4, -0.2) is 23.0 Å². The summed E-state index contributed by atoms with van der Waals surface area (Å²) in [5.41, 5.74) is 1.24. The van der Waals surface area contributed by atoms with Crippen molar-refractivity contribution < 1.29 is 4.29 Å². The highest BCUT2D eigenvalue weighted by atomic mass is 35.5. The third-order valence-electron chi connectivity index (χ3n) is 3.92. The number of pyridine rings is 1. The molecule has 0 aromatic carbocycles. The summed E-state index contributed by atoms with van der Waals surface area (Å²) in [6, 6.07) is 4.90. The summed E-state index contributed by atoms with van der Waals surface area (Å²) in [5.74, 6) is 1.06. The van der Waals surface area contributed by atoms with Gasteiger partial charge in [0.15, 0.2) is 0 Å². The first-order valence-electron chi connectivity index (χ1n) is 5.94. The van der Waals surface area contributed by atoms with Crippen LogP contribution in [0.5, 0.6) is 5.88 Å². The molecular formula is C13H15ClN2O. The molecule has 1 saturated heterocycles. The Morgan fingerprint density at radius 1 is 1.35 bits per heavy atom. The molecule has 0 N–H and O–H groups in total. The number of fused-ring (bicyclic) bond motifs is 2. The number of piperidine rings is 1. The largest absolute Gasteiger partial charge is 0.365 e. The minimum Gasteiger partial charge on any atom is -0.365 e. The first kappa shape index (κ1) is 11.1. The molecule has 0 amide bonds. The molecule has 1 aliphatic carbocycles. The fourth-order valence-electron chi connectivity index (χ4n) is 3.03. The van der Waals surface area contributed by atoms with Crippen LogP contribution >= 0.6 is 11.9 Å². The molecule has 2 bridgehead atoms. The van der Waals surface area contributed by atoms with E-state index in [4.69, 9.17) is 11.9 Å². The zero-order valence-electron chi connectivity index (χ0n) is 9.71. The Hall–Kier alpha value is -1.06. The van der Waals surface area contributed by atoms with Crippen LogP contribution in [0, 0.1) is 5.92 Å². The van der Waals surface area contributed by atoms with Crippen molar-refractivity contribution in [3.63, 3.8) is 0 Å². The van der Waals surface area contributed by atoms with Crippen LogP contribution in [0.1, 0.15) is 24.4 Å². The number of halogens is 1. The van der Waals surface area contributed by atoms with E-state index in [0.717, 1.165) is 0 Å². The molecule has 3 heterocycles. The fourth-order valence-corrected chi connectivity index (χ4v) is 3.12. The predicted molar refractivity (Wildman–Crippen MR) is 66.9 cm³/mol. The standard InChI is InChI=1S/C13H15ClN2O/c1-16-11-5-2-9(3-6-11)13(16)10-4-7-12(17-14)15-8-10/h2,4-5,7-9,11,13H,3,6H2,1H3. The lowest BCUT2D eigenvalue weighted by Gasteiger charge is -2.46. The van der Waals surface area contributed by atoms with E-state index in [1.165, 1.54) is 18.4 Å². The summed E-state index contributed by atoms with van der Waals surface area (Å²) in [4.78, 5) is 6.62. The first-order valence-corrected chi connectivity index (χ1v) is 6.25. The zero-order chi connectivity index (χ0) is 11.8. The molecule has 1 fully saturated rings. The lowest BCUT2D eigenvalue weighted by atomic mass is 9.78. The van der Waals surface area contributed by atoms with Gasteiger partial charge < -0.3 is 4.29 Å². The lowest BCUT2D eigenvalue weighted by molar-refractivity contribution is 0.0923. The summed E-state index contributed by atoms with van der Waals surface area (Å²) in [7, 11) is 2.19. The predicted octanol–water partition coefficient (Wildman–Crippen LogP) is 2.94. The van der Waals surface area contributed by atoms with Gasteiger partial charge in [-0.2, -0.15) is 0 Å². The molecule has 0 saturated carbocycles. The van der Waals surface area contributed by atoms with Crippen LogP contribution in [-0.2, 0) is 0 Å². The van der Waals surface area contributed by atoms with Crippen LogP contribution in [0.3, 0.4) is 0 Å². The van der Waals surface area contributed by atoms with Gasteiger partial charge in [0, 0.05) is 24.3 Å². The quantitative estimate of drug-likeness (QED) is 0.755. The number of aromatic nitrogens is 1. The number of hydrogen-bond acceptors (Lipinski definition) is 3. The van der Waals surface area contributed by atoms with Gasteiger partial charge in [-0.1, -0.05) is 18.2 Å². The molecule has 90 valence electrons. The molecular weight excluding hydrogens is 236 g/mol. The highest BCUT2D eigenvalue weighted by molar-refractivity contribution is 6.08. The Morgan fingerprint density at radius 3 is 2.76 bits per heavy atom. The average molecular weight is 251 g/mol. The van der Waals surface area contributed by atoms with E-state index < -0.39 is 0 Å². The molecule has 3 atom stereocenters. The van der Waals surface area contributed by atoms with Gasteiger partial charge >= 0.3 is 0 Å². The summed E-state index contributed by atoms with van der Waals surface area (Å²) in [6.07, 6.45) is 9.08. The van der Waals surface area contributed by atoms with E-state index in [9.17, 15) is 0 Å². The summed E-state index contributed by atoms with van der Waals surface area (Å²) >= 11 is 5.27. The van der Waals surface area contributed by atoms with Gasteiger partial charge in [-0.25, -0.2) is 4.98 Å². The van der Waals surface area contributed by atoms with Crippen LogP contribution in [0.25, 0.3) is 0 Å². The van der Waals surface area contributed by atoms with Crippen molar-refractivity contribution in [1.82, 2.24) is 9.88 Å². The summed E-state index contributed by atoms with van der Waals surface area (Å²) in [5, 5.41) is 0. The number of likely N-dealkylation sites (N-methyl/N-ethyl adjacent to an activating group) is 1. The van der Waals surface area contributed by atoms with Gasteiger partial charge in [-0.3, -0.25) is 4.90 Å². The van der Waals surface area contributed by atoms with Crippen LogP contribution < -0.4 is 4.29 Å². The smallest absolute Gasteiger partial charge is 0.236 e. The van der Waals surface area contributed by atoms with Crippen LogP contribution in [0.15, 0.2) is 30.5 Å².